The van der Waals surface area contributed by atoms with E-state index in [4.69, 9.17) is 9.31 Å². The summed E-state index contributed by atoms with van der Waals surface area (Å²) < 4.78 is 12.3. The molecule has 0 bridgehead atoms. The van der Waals surface area contributed by atoms with E-state index in [0.29, 0.717) is 5.69 Å². The molecule has 130 valence electrons. The summed E-state index contributed by atoms with van der Waals surface area (Å²) in [6, 6.07) is 3.75. The number of carbonyl (C=O) groups is 1. The fraction of sp³-hybridized carbons (Fsp3) is 0.647. The van der Waals surface area contributed by atoms with Crippen molar-refractivity contribution in [3.8, 4) is 0 Å². The molecule has 2 fully saturated rings. The molecule has 0 aliphatic carbocycles. The molecule has 3 rings (SSSR count). The number of anilines is 1. The van der Waals surface area contributed by atoms with Gasteiger partial charge in [0.1, 0.15) is 11.5 Å². The second kappa shape index (κ2) is 6.04. The lowest BCUT2D eigenvalue weighted by atomic mass is 9.79. The Labute approximate surface area is 144 Å². The normalized spacial score (nSPS) is 22.0. The lowest BCUT2D eigenvalue weighted by Crippen LogP contribution is -2.41. The second-order valence-electron chi connectivity index (χ2n) is 7.51. The van der Waals surface area contributed by atoms with Crippen LogP contribution in [0.25, 0.3) is 0 Å². The maximum absolute atomic E-state index is 12.1. The zero-order valence-corrected chi connectivity index (χ0v) is 15.2. The van der Waals surface area contributed by atoms with Gasteiger partial charge in [0.25, 0.3) is 5.91 Å². The maximum Gasteiger partial charge on any atom is 0.495 e. The van der Waals surface area contributed by atoms with Crippen molar-refractivity contribution in [3.05, 3.63) is 17.8 Å². The van der Waals surface area contributed by atoms with Crippen LogP contribution in [0.1, 0.15) is 51.0 Å². The number of nitrogens with one attached hydrogen (secondary N) is 1. The van der Waals surface area contributed by atoms with Crippen molar-refractivity contribution in [1.82, 2.24) is 10.3 Å². The quantitative estimate of drug-likeness (QED) is 0.847. The van der Waals surface area contributed by atoms with E-state index in [2.05, 4.69) is 15.2 Å². The van der Waals surface area contributed by atoms with Crippen LogP contribution in [0.2, 0.25) is 0 Å². The van der Waals surface area contributed by atoms with E-state index in [9.17, 15) is 4.79 Å². The average Bonchev–Trinajstić information content (AvgIpc) is 3.13. The van der Waals surface area contributed by atoms with Gasteiger partial charge in [0, 0.05) is 20.1 Å². The largest absolute Gasteiger partial charge is 0.495 e. The molecule has 0 spiro atoms. The van der Waals surface area contributed by atoms with Crippen molar-refractivity contribution in [2.24, 2.45) is 0 Å². The molecule has 0 saturated carbocycles. The van der Waals surface area contributed by atoms with E-state index in [1.54, 1.807) is 13.1 Å². The summed E-state index contributed by atoms with van der Waals surface area (Å²) in [6.07, 6.45) is 2.30. The molecular formula is C17H26BN3O3. The van der Waals surface area contributed by atoms with E-state index in [-0.39, 0.29) is 5.91 Å². The molecule has 1 amide bonds. The van der Waals surface area contributed by atoms with E-state index in [1.807, 2.05) is 33.8 Å². The van der Waals surface area contributed by atoms with Crippen LogP contribution in [0, 0.1) is 0 Å². The first-order valence-corrected chi connectivity index (χ1v) is 8.58. The van der Waals surface area contributed by atoms with Crippen LogP contribution in [-0.2, 0) is 9.31 Å². The molecule has 0 atom stereocenters. The zero-order valence-electron chi connectivity index (χ0n) is 15.2. The van der Waals surface area contributed by atoms with Gasteiger partial charge in [0.15, 0.2) is 0 Å². The number of nitrogens with zero attached hydrogens (tertiary/aromatic N) is 2. The van der Waals surface area contributed by atoms with Gasteiger partial charge in [-0.15, -0.1) is 0 Å². The molecule has 24 heavy (non-hydrogen) atoms. The Morgan fingerprint density at radius 2 is 1.75 bits per heavy atom. The monoisotopic (exact) mass is 331 g/mol. The van der Waals surface area contributed by atoms with Crippen LogP contribution in [0.15, 0.2) is 12.1 Å². The van der Waals surface area contributed by atoms with Crippen LogP contribution in [0.5, 0.6) is 0 Å². The molecule has 2 aliphatic rings. The van der Waals surface area contributed by atoms with Gasteiger partial charge in [0.05, 0.1) is 11.2 Å². The van der Waals surface area contributed by atoms with Crippen molar-refractivity contribution in [2.45, 2.75) is 51.7 Å². The summed E-state index contributed by atoms with van der Waals surface area (Å²) in [4.78, 5) is 18.9. The van der Waals surface area contributed by atoms with Crippen molar-refractivity contribution < 1.29 is 14.1 Å². The van der Waals surface area contributed by atoms with E-state index in [1.165, 1.54) is 0 Å². The third-order valence-corrected chi connectivity index (χ3v) is 5.25. The van der Waals surface area contributed by atoms with E-state index in [0.717, 1.165) is 37.2 Å². The first-order chi connectivity index (χ1) is 11.2. The summed E-state index contributed by atoms with van der Waals surface area (Å²) >= 11 is 0. The van der Waals surface area contributed by atoms with Crippen LogP contribution in [0.4, 0.5) is 5.82 Å². The Hall–Kier alpha value is -1.60. The highest BCUT2D eigenvalue weighted by Crippen LogP contribution is 2.36. The van der Waals surface area contributed by atoms with Crippen LogP contribution in [0.3, 0.4) is 0 Å². The van der Waals surface area contributed by atoms with Crippen molar-refractivity contribution in [3.63, 3.8) is 0 Å². The Kier molecular flexibility index (Phi) is 4.34. The Balaban J connectivity index is 1.98. The predicted molar refractivity (Wildman–Crippen MR) is 94.8 cm³/mol. The second-order valence-corrected chi connectivity index (χ2v) is 7.51. The molecule has 3 heterocycles. The van der Waals surface area contributed by atoms with Gasteiger partial charge >= 0.3 is 7.12 Å². The molecule has 6 nitrogen and oxygen atoms in total. The van der Waals surface area contributed by atoms with Gasteiger partial charge in [-0.25, -0.2) is 4.98 Å². The highest BCUT2D eigenvalue weighted by molar-refractivity contribution is 6.62. The van der Waals surface area contributed by atoms with Gasteiger partial charge in [-0.1, -0.05) is 0 Å². The summed E-state index contributed by atoms with van der Waals surface area (Å²) in [5.41, 5.74) is 0.403. The van der Waals surface area contributed by atoms with Gasteiger partial charge in [-0.3, -0.25) is 4.79 Å². The molecule has 1 aromatic heterocycles. The minimum absolute atomic E-state index is 0.200. The van der Waals surface area contributed by atoms with Crippen LogP contribution < -0.4 is 15.7 Å². The zero-order chi connectivity index (χ0) is 17.5. The Morgan fingerprint density at radius 3 is 2.29 bits per heavy atom. The SMILES string of the molecule is CNC(=O)c1cc(B2OC(C)(C)C(C)(C)O2)cc(N2CCCC2)n1. The smallest absolute Gasteiger partial charge is 0.399 e. The molecule has 1 N–H and O–H groups in total. The molecule has 0 radical (unpaired) electrons. The molecule has 2 aliphatic heterocycles. The maximum atomic E-state index is 12.1. The lowest BCUT2D eigenvalue weighted by molar-refractivity contribution is 0.00578. The number of pyridine rings is 1. The Morgan fingerprint density at radius 1 is 1.17 bits per heavy atom. The van der Waals surface area contributed by atoms with Crippen molar-refractivity contribution in [1.29, 1.82) is 0 Å². The van der Waals surface area contributed by atoms with Crippen molar-refractivity contribution in [2.75, 3.05) is 25.0 Å². The number of hydrogen-bond donors (Lipinski definition) is 1. The van der Waals surface area contributed by atoms with Gasteiger partial charge in [0.2, 0.25) is 0 Å². The first-order valence-electron chi connectivity index (χ1n) is 8.58. The average molecular weight is 331 g/mol. The van der Waals surface area contributed by atoms with Gasteiger partial charge in [-0.2, -0.15) is 0 Å². The minimum Gasteiger partial charge on any atom is -0.399 e. The molecule has 2 saturated heterocycles. The topological polar surface area (TPSA) is 63.7 Å². The number of aromatic nitrogens is 1. The van der Waals surface area contributed by atoms with Gasteiger partial charge in [-0.05, 0) is 58.1 Å². The molecule has 0 aromatic carbocycles. The van der Waals surface area contributed by atoms with Crippen molar-refractivity contribution >= 4 is 24.3 Å². The number of carbonyl (C=O) groups excluding carboxylic acids is 1. The summed E-state index contributed by atoms with van der Waals surface area (Å²) in [7, 11) is 1.11. The van der Waals surface area contributed by atoms with E-state index < -0.39 is 18.3 Å². The molecular weight excluding hydrogens is 305 g/mol. The van der Waals surface area contributed by atoms with Gasteiger partial charge < -0.3 is 19.5 Å². The Bertz CT molecular complexity index is 626. The highest BCUT2D eigenvalue weighted by atomic mass is 16.7. The van der Waals surface area contributed by atoms with Crippen LogP contribution in [-0.4, -0.2) is 49.3 Å². The fourth-order valence-electron chi connectivity index (χ4n) is 3.00. The molecule has 1 aromatic rings. The third kappa shape index (κ3) is 3.02. The third-order valence-electron chi connectivity index (χ3n) is 5.25. The number of rotatable bonds is 3. The van der Waals surface area contributed by atoms with Crippen LogP contribution >= 0.6 is 0 Å². The molecule has 0 unspecified atom stereocenters. The standard InChI is InChI=1S/C17H26BN3O3/c1-16(2)17(3,4)24-18(23-16)12-10-13(15(22)19-5)20-14(11-12)21-8-6-7-9-21/h10-11H,6-9H2,1-5H3,(H,19,22). The molecule has 7 heteroatoms. The first kappa shape index (κ1) is 17.2. The summed E-state index contributed by atoms with van der Waals surface area (Å²) in [5, 5.41) is 2.65. The highest BCUT2D eigenvalue weighted by Gasteiger charge is 2.52. The number of amides is 1. The number of hydrogen-bond acceptors (Lipinski definition) is 5. The van der Waals surface area contributed by atoms with E-state index >= 15 is 0 Å². The summed E-state index contributed by atoms with van der Waals surface area (Å²) in [6.45, 7) is 10.0. The summed E-state index contributed by atoms with van der Waals surface area (Å²) in [5.74, 6) is 0.618. The lowest BCUT2D eigenvalue weighted by Gasteiger charge is -2.32. The fourth-order valence-corrected chi connectivity index (χ4v) is 3.00. The predicted octanol–water partition coefficient (Wildman–Crippen LogP) is 1.34. The minimum atomic E-state index is -0.497.